The molecule has 1 heterocycles. The van der Waals surface area contributed by atoms with Crippen molar-refractivity contribution in [1.29, 1.82) is 0 Å². The average molecular weight is 323 g/mol. The fraction of sp³-hybridized carbons (Fsp3) is 0.200. The Kier molecular flexibility index (Phi) is 3.61. The molecule has 0 aliphatic heterocycles. The van der Waals surface area contributed by atoms with E-state index in [1.165, 1.54) is 0 Å². The fourth-order valence-corrected chi connectivity index (χ4v) is 1.28. The lowest BCUT2D eigenvalue weighted by atomic mass is 10.6. The third kappa shape index (κ3) is 2.31. The zero-order chi connectivity index (χ0) is 8.43. The normalized spacial score (nSPS) is 10.2. The summed E-state index contributed by atoms with van der Waals surface area (Å²) in [7, 11) is 0. The minimum Gasteiger partial charge on any atom is -0.219 e. The number of rotatable bonds is 1. The van der Waals surface area contributed by atoms with Gasteiger partial charge in [-0.25, -0.2) is 9.97 Å². The molecule has 0 aromatic carbocycles. The van der Waals surface area contributed by atoms with Crippen molar-refractivity contribution >= 4 is 57.4 Å². The molecule has 0 amide bonds. The molecule has 6 heteroatoms. The van der Waals surface area contributed by atoms with E-state index in [9.17, 15) is 0 Å². The van der Waals surface area contributed by atoms with Crippen LogP contribution in [0.25, 0.3) is 0 Å². The monoisotopic (exact) mass is 322 g/mol. The first-order valence-electron chi connectivity index (χ1n) is 2.58. The topological polar surface area (TPSA) is 25.8 Å². The van der Waals surface area contributed by atoms with Crippen molar-refractivity contribution in [3.8, 4) is 0 Å². The van der Waals surface area contributed by atoms with Crippen LogP contribution in [-0.2, 0) is 5.88 Å². The second-order valence-electron chi connectivity index (χ2n) is 1.67. The number of nitrogens with zero attached hydrogens (tertiary/aromatic N) is 2. The summed E-state index contributed by atoms with van der Waals surface area (Å²) in [5.41, 5.74) is 0. The zero-order valence-electron chi connectivity index (χ0n) is 5.11. The predicted octanol–water partition coefficient (Wildman–Crippen LogP) is 3.13. The number of alkyl halides is 1. The van der Waals surface area contributed by atoms with E-state index in [1.807, 2.05) is 22.6 Å². The van der Waals surface area contributed by atoms with Gasteiger partial charge < -0.3 is 0 Å². The highest BCUT2D eigenvalue weighted by Crippen LogP contribution is 2.22. The molecule has 1 aromatic rings. The molecule has 2 nitrogen and oxygen atoms in total. The molecular weight excluding hydrogens is 321 g/mol. The van der Waals surface area contributed by atoms with E-state index in [1.54, 1.807) is 0 Å². The number of hydrogen-bond donors (Lipinski definition) is 0. The van der Waals surface area contributed by atoms with E-state index in [-0.39, 0.29) is 5.88 Å². The highest BCUT2D eigenvalue weighted by molar-refractivity contribution is 14.1. The van der Waals surface area contributed by atoms with Crippen LogP contribution < -0.4 is 0 Å². The third-order valence-corrected chi connectivity index (χ3v) is 3.38. The highest BCUT2D eigenvalue weighted by atomic mass is 127. The van der Waals surface area contributed by atoms with Gasteiger partial charge in [0.2, 0.25) is 0 Å². The van der Waals surface area contributed by atoms with Gasteiger partial charge in [-0.05, 0) is 22.6 Å². The minimum absolute atomic E-state index is 0.219. The summed E-state index contributed by atoms with van der Waals surface area (Å²) in [6.07, 6.45) is 0. The van der Waals surface area contributed by atoms with E-state index < -0.39 is 0 Å². The summed E-state index contributed by atoms with van der Waals surface area (Å²) in [5, 5.41) is 0.697. The van der Waals surface area contributed by atoms with Gasteiger partial charge in [0.25, 0.3) is 0 Å². The van der Waals surface area contributed by atoms with Gasteiger partial charge in [0, 0.05) is 0 Å². The van der Waals surface area contributed by atoms with Crippen molar-refractivity contribution < 1.29 is 0 Å². The average Bonchev–Trinajstić information content (AvgIpc) is 1.99. The molecule has 0 saturated carbocycles. The van der Waals surface area contributed by atoms with E-state index in [0.29, 0.717) is 19.7 Å². The van der Waals surface area contributed by atoms with Crippen LogP contribution in [0.3, 0.4) is 0 Å². The van der Waals surface area contributed by atoms with Gasteiger partial charge >= 0.3 is 0 Å². The number of aromatic nitrogens is 2. The molecule has 0 saturated heterocycles. The van der Waals surface area contributed by atoms with Gasteiger partial charge in [-0.1, -0.05) is 23.2 Å². The van der Waals surface area contributed by atoms with Crippen LogP contribution in [0.1, 0.15) is 5.82 Å². The Labute approximate surface area is 92.4 Å². The van der Waals surface area contributed by atoms with E-state index >= 15 is 0 Å². The van der Waals surface area contributed by atoms with Gasteiger partial charge in [0.1, 0.15) is 16.1 Å². The van der Waals surface area contributed by atoms with Crippen LogP contribution in [0.4, 0.5) is 0 Å². The van der Waals surface area contributed by atoms with Crippen molar-refractivity contribution in [3.63, 3.8) is 0 Å². The second-order valence-corrected chi connectivity index (χ2v) is 3.73. The molecular formula is C5H2Cl3IN2. The maximum atomic E-state index is 5.70. The maximum absolute atomic E-state index is 5.70. The summed E-state index contributed by atoms with van der Waals surface area (Å²) in [5.74, 6) is 0.665. The van der Waals surface area contributed by atoms with Crippen molar-refractivity contribution in [2.75, 3.05) is 0 Å². The first-order valence-corrected chi connectivity index (χ1v) is 4.95. The smallest absolute Gasteiger partial charge is 0.147 e. The van der Waals surface area contributed by atoms with Crippen LogP contribution in [0, 0.1) is 3.57 Å². The Morgan fingerprint density at radius 2 is 1.64 bits per heavy atom. The summed E-state index contributed by atoms with van der Waals surface area (Å²) >= 11 is 18.8. The van der Waals surface area contributed by atoms with Crippen LogP contribution in [0.5, 0.6) is 0 Å². The molecule has 0 bridgehead atoms. The van der Waals surface area contributed by atoms with Crippen LogP contribution in [0.2, 0.25) is 10.3 Å². The maximum Gasteiger partial charge on any atom is 0.147 e. The summed E-state index contributed by atoms with van der Waals surface area (Å²) < 4.78 is 0.653. The van der Waals surface area contributed by atoms with Gasteiger partial charge in [-0.15, -0.1) is 11.6 Å². The van der Waals surface area contributed by atoms with Gasteiger partial charge in [-0.3, -0.25) is 0 Å². The highest BCUT2D eigenvalue weighted by Gasteiger charge is 2.07. The van der Waals surface area contributed by atoms with Crippen molar-refractivity contribution in [1.82, 2.24) is 9.97 Å². The molecule has 0 aliphatic carbocycles. The molecule has 11 heavy (non-hydrogen) atoms. The largest absolute Gasteiger partial charge is 0.219 e. The Hall–Kier alpha value is 0.680. The van der Waals surface area contributed by atoms with Crippen molar-refractivity contribution in [3.05, 3.63) is 19.7 Å². The van der Waals surface area contributed by atoms with Crippen LogP contribution >= 0.6 is 57.4 Å². The van der Waals surface area contributed by atoms with E-state index in [0.717, 1.165) is 0 Å². The summed E-state index contributed by atoms with van der Waals surface area (Å²) in [6.45, 7) is 0. The summed E-state index contributed by atoms with van der Waals surface area (Å²) in [6, 6.07) is 0. The lowest BCUT2D eigenvalue weighted by molar-refractivity contribution is 1.02. The molecule has 0 unspecified atom stereocenters. The fourth-order valence-electron chi connectivity index (χ4n) is 0.495. The lowest BCUT2D eigenvalue weighted by Gasteiger charge is -1.99. The van der Waals surface area contributed by atoms with Gasteiger partial charge in [-0.2, -0.15) is 0 Å². The summed E-state index contributed by atoms with van der Waals surface area (Å²) in [4.78, 5) is 7.76. The number of hydrogen-bond acceptors (Lipinski definition) is 2. The SMILES string of the molecule is ClCc1nc(Cl)c(I)c(Cl)n1. The Bertz CT molecular complexity index is 255. The van der Waals surface area contributed by atoms with E-state index in [2.05, 4.69) is 9.97 Å². The van der Waals surface area contributed by atoms with Crippen LogP contribution in [-0.4, -0.2) is 9.97 Å². The second kappa shape index (κ2) is 4.07. The Morgan fingerprint density at radius 1 is 1.18 bits per heavy atom. The molecule has 0 aliphatic rings. The van der Waals surface area contributed by atoms with Crippen molar-refractivity contribution in [2.45, 2.75) is 5.88 Å². The number of halogens is 4. The molecule has 0 atom stereocenters. The van der Waals surface area contributed by atoms with E-state index in [4.69, 9.17) is 34.8 Å². The molecule has 1 aromatic heterocycles. The standard InChI is InChI=1S/C5H2Cl3IN2/c6-1-2-10-4(7)3(9)5(8)11-2/h1H2. The molecule has 0 fully saturated rings. The lowest BCUT2D eigenvalue weighted by Crippen LogP contribution is -1.94. The van der Waals surface area contributed by atoms with Crippen molar-refractivity contribution in [2.24, 2.45) is 0 Å². The predicted molar refractivity (Wildman–Crippen MR) is 54.3 cm³/mol. The first-order chi connectivity index (χ1) is 5.15. The molecule has 0 radical (unpaired) electrons. The first kappa shape index (κ1) is 9.77. The third-order valence-electron chi connectivity index (χ3n) is 0.936. The van der Waals surface area contributed by atoms with Crippen LogP contribution in [0.15, 0.2) is 0 Å². The molecule has 0 spiro atoms. The quantitative estimate of drug-likeness (QED) is 0.451. The molecule has 0 N–H and O–H groups in total. The molecule has 1 rings (SSSR count). The Balaban J connectivity index is 3.21. The minimum atomic E-state index is 0.219. The van der Waals surface area contributed by atoms with Gasteiger partial charge in [0.05, 0.1) is 9.45 Å². The van der Waals surface area contributed by atoms with Gasteiger partial charge in [0.15, 0.2) is 0 Å². The Morgan fingerprint density at radius 3 is 2.00 bits per heavy atom. The molecule has 60 valence electrons. The zero-order valence-corrected chi connectivity index (χ0v) is 9.54.